The molecule has 1 fully saturated rings. The number of alkyl halides is 1. The van der Waals surface area contributed by atoms with Gasteiger partial charge in [0.2, 0.25) is 5.91 Å². The summed E-state index contributed by atoms with van der Waals surface area (Å²) in [5.41, 5.74) is 1.90. The van der Waals surface area contributed by atoms with E-state index in [1.54, 1.807) is 6.92 Å². The lowest BCUT2D eigenvalue weighted by atomic mass is 10.1. The van der Waals surface area contributed by atoms with Crippen LogP contribution in [0.5, 0.6) is 0 Å². The maximum atomic E-state index is 12.3. The van der Waals surface area contributed by atoms with Crippen molar-refractivity contribution in [3.8, 4) is 0 Å². The molecule has 4 nitrogen and oxygen atoms in total. The minimum atomic E-state index is -0.504. The first-order valence-electron chi connectivity index (χ1n) is 7.50. The van der Waals surface area contributed by atoms with E-state index in [1.165, 1.54) is 0 Å². The van der Waals surface area contributed by atoms with E-state index < -0.39 is 5.38 Å². The number of aromatic nitrogens is 2. The molecule has 0 bridgehead atoms. The highest BCUT2D eigenvalue weighted by Gasteiger charge is 2.35. The molecule has 0 radical (unpaired) electrons. The Bertz CT molecular complexity index is 525. The van der Waals surface area contributed by atoms with E-state index in [4.69, 9.17) is 23.2 Å². The molecule has 1 saturated heterocycles. The largest absolute Gasteiger partial charge is 0.334 e. The predicted octanol–water partition coefficient (Wildman–Crippen LogP) is 3.79. The fourth-order valence-corrected chi connectivity index (χ4v) is 3.47. The molecule has 0 aliphatic carbocycles. The van der Waals surface area contributed by atoms with Gasteiger partial charge in [-0.05, 0) is 32.6 Å². The van der Waals surface area contributed by atoms with Crippen LogP contribution in [0.2, 0.25) is 5.15 Å². The zero-order chi connectivity index (χ0) is 15.7. The minimum Gasteiger partial charge on any atom is -0.334 e. The molecule has 0 N–H and O–H groups in total. The smallest absolute Gasteiger partial charge is 0.240 e. The highest BCUT2D eigenvalue weighted by atomic mass is 35.5. The van der Waals surface area contributed by atoms with Crippen LogP contribution in [0.15, 0.2) is 0 Å². The van der Waals surface area contributed by atoms with E-state index in [1.807, 2.05) is 16.5 Å². The third kappa shape index (κ3) is 3.37. The summed E-state index contributed by atoms with van der Waals surface area (Å²) in [5, 5.41) is 4.70. The number of likely N-dealkylation sites (tertiary alicyclic amines) is 1. The molecular weight excluding hydrogens is 309 g/mol. The maximum Gasteiger partial charge on any atom is 0.240 e. The monoisotopic (exact) mass is 331 g/mol. The summed E-state index contributed by atoms with van der Waals surface area (Å²) in [5.74, 6) is 0.449. The molecule has 1 aliphatic rings. The van der Waals surface area contributed by atoms with Crippen molar-refractivity contribution in [2.24, 2.45) is 5.92 Å². The number of carbonyl (C=O) groups is 1. The van der Waals surface area contributed by atoms with Gasteiger partial charge in [0.25, 0.3) is 0 Å². The molecule has 6 heteroatoms. The Morgan fingerprint density at radius 2 is 2.10 bits per heavy atom. The van der Waals surface area contributed by atoms with Gasteiger partial charge >= 0.3 is 0 Å². The second-order valence-corrected chi connectivity index (χ2v) is 7.18. The summed E-state index contributed by atoms with van der Waals surface area (Å²) in [6, 6.07) is 0.00659. The molecule has 2 heterocycles. The fraction of sp³-hybridized carbons (Fsp3) is 0.733. The van der Waals surface area contributed by atoms with Gasteiger partial charge in [0.1, 0.15) is 10.5 Å². The normalized spacial score (nSPS) is 20.3. The Hall–Kier alpha value is -0.740. The van der Waals surface area contributed by atoms with E-state index in [-0.39, 0.29) is 11.9 Å². The second kappa shape index (κ2) is 6.57. The van der Waals surface area contributed by atoms with Crippen molar-refractivity contribution in [1.29, 1.82) is 0 Å². The van der Waals surface area contributed by atoms with Crippen LogP contribution in [0.25, 0.3) is 0 Å². The number of aryl methyl sites for hydroxylation is 1. The number of hydrogen-bond acceptors (Lipinski definition) is 2. The molecule has 2 unspecified atom stereocenters. The first-order chi connectivity index (χ1) is 9.82. The van der Waals surface area contributed by atoms with Crippen LogP contribution >= 0.6 is 23.2 Å². The van der Waals surface area contributed by atoms with E-state index in [9.17, 15) is 4.79 Å². The third-order valence-corrected chi connectivity index (χ3v) is 4.44. The van der Waals surface area contributed by atoms with Crippen molar-refractivity contribution in [3.63, 3.8) is 0 Å². The highest BCUT2D eigenvalue weighted by Crippen LogP contribution is 2.38. The van der Waals surface area contributed by atoms with Gasteiger partial charge in [-0.25, -0.2) is 0 Å². The van der Waals surface area contributed by atoms with Crippen LogP contribution in [0.4, 0.5) is 0 Å². The molecule has 1 aromatic rings. The Morgan fingerprint density at radius 1 is 1.43 bits per heavy atom. The minimum absolute atomic E-state index is 0.00659. The zero-order valence-electron chi connectivity index (χ0n) is 13.1. The lowest BCUT2D eigenvalue weighted by molar-refractivity contribution is -0.131. The van der Waals surface area contributed by atoms with Crippen molar-refractivity contribution in [3.05, 3.63) is 16.4 Å². The number of carbonyl (C=O) groups excluding carboxylic acids is 1. The van der Waals surface area contributed by atoms with Gasteiger partial charge in [0.05, 0.1) is 11.7 Å². The Labute approximate surface area is 136 Å². The van der Waals surface area contributed by atoms with E-state index >= 15 is 0 Å². The molecular formula is C15H23Cl2N3O. The van der Waals surface area contributed by atoms with Crippen LogP contribution in [0, 0.1) is 12.8 Å². The van der Waals surface area contributed by atoms with Crippen molar-refractivity contribution < 1.29 is 4.79 Å². The number of amides is 1. The van der Waals surface area contributed by atoms with E-state index in [0.29, 0.717) is 11.1 Å². The van der Waals surface area contributed by atoms with Crippen molar-refractivity contribution in [2.75, 3.05) is 6.54 Å². The Kier molecular flexibility index (Phi) is 5.20. The van der Waals surface area contributed by atoms with Crippen LogP contribution in [0.1, 0.15) is 50.9 Å². The summed E-state index contributed by atoms with van der Waals surface area (Å²) in [6.07, 6.45) is 1.90. The molecule has 2 atom stereocenters. The van der Waals surface area contributed by atoms with Gasteiger partial charge in [-0.15, -0.1) is 11.6 Å². The van der Waals surface area contributed by atoms with Gasteiger partial charge in [-0.2, -0.15) is 5.10 Å². The predicted molar refractivity (Wildman–Crippen MR) is 85.8 cm³/mol. The van der Waals surface area contributed by atoms with Gasteiger partial charge in [-0.1, -0.05) is 25.4 Å². The average Bonchev–Trinajstić information content (AvgIpc) is 2.94. The highest BCUT2D eigenvalue weighted by molar-refractivity contribution is 6.31. The molecule has 118 valence electrons. The van der Waals surface area contributed by atoms with Crippen molar-refractivity contribution in [1.82, 2.24) is 14.7 Å². The number of nitrogens with zero attached hydrogens (tertiary/aromatic N) is 3. The molecule has 0 saturated carbocycles. The first kappa shape index (κ1) is 16.6. The molecule has 1 aliphatic heterocycles. The van der Waals surface area contributed by atoms with Crippen molar-refractivity contribution in [2.45, 2.75) is 58.5 Å². The summed E-state index contributed by atoms with van der Waals surface area (Å²) in [7, 11) is 0. The summed E-state index contributed by atoms with van der Waals surface area (Å²) >= 11 is 12.5. The lowest BCUT2D eigenvalue weighted by Crippen LogP contribution is -2.35. The van der Waals surface area contributed by atoms with Crippen LogP contribution in [-0.4, -0.2) is 32.5 Å². The summed E-state index contributed by atoms with van der Waals surface area (Å²) in [4.78, 5) is 14.1. The molecule has 0 spiro atoms. The van der Waals surface area contributed by atoms with Gasteiger partial charge in [-0.3, -0.25) is 9.48 Å². The number of hydrogen-bond donors (Lipinski definition) is 0. The standard InChI is InChI=1S/C15H23Cl2N3O/c1-9(2)8-20-14(17)13(11(4)18-20)12-6-5-7-19(12)15(21)10(3)16/h9-10,12H,5-8H2,1-4H3. The Morgan fingerprint density at radius 3 is 2.67 bits per heavy atom. The quantitative estimate of drug-likeness (QED) is 0.787. The van der Waals surface area contributed by atoms with E-state index in [0.717, 1.165) is 37.2 Å². The lowest BCUT2D eigenvalue weighted by Gasteiger charge is -2.26. The third-order valence-electron chi connectivity index (χ3n) is 3.86. The Balaban J connectivity index is 2.32. The van der Waals surface area contributed by atoms with Crippen LogP contribution in [-0.2, 0) is 11.3 Å². The van der Waals surface area contributed by atoms with Gasteiger partial charge in [0.15, 0.2) is 0 Å². The molecule has 2 rings (SSSR count). The average molecular weight is 332 g/mol. The molecule has 1 amide bonds. The second-order valence-electron chi connectivity index (χ2n) is 6.17. The summed E-state index contributed by atoms with van der Waals surface area (Å²) in [6.45, 7) is 9.47. The topological polar surface area (TPSA) is 38.1 Å². The number of halogens is 2. The molecule has 1 aromatic heterocycles. The van der Waals surface area contributed by atoms with Crippen LogP contribution < -0.4 is 0 Å². The van der Waals surface area contributed by atoms with Crippen LogP contribution in [0.3, 0.4) is 0 Å². The van der Waals surface area contributed by atoms with E-state index in [2.05, 4.69) is 18.9 Å². The first-order valence-corrected chi connectivity index (χ1v) is 8.31. The fourth-order valence-electron chi connectivity index (χ4n) is 2.97. The number of rotatable bonds is 4. The molecule has 0 aromatic carbocycles. The maximum absolute atomic E-state index is 12.3. The summed E-state index contributed by atoms with van der Waals surface area (Å²) < 4.78 is 1.85. The van der Waals surface area contributed by atoms with Gasteiger partial charge < -0.3 is 4.90 Å². The zero-order valence-corrected chi connectivity index (χ0v) is 14.6. The SMILES string of the molecule is Cc1nn(CC(C)C)c(Cl)c1C1CCCN1C(=O)C(C)Cl. The van der Waals surface area contributed by atoms with Crippen molar-refractivity contribution >= 4 is 29.1 Å². The molecule has 21 heavy (non-hydrogen) atoms. The van der Waals surface area contributed by atoms with Gasteiger partial charge in [0, 0.05) is 18.7 Å².